The molecule has 0 saturated carbocycles. The molecule has 9 aromatic rings. The first-order valence-corrected chi connectivity index (χ1v) is 31.0. The molecule has 2 aliphatic heterocycles. The summed E-state index contributed by atoms with van der Waals surface area (Å²) in [5, 5.41) is 23.4. The number of anilines is 6. The number of halogens is 8. The van der Waals surface area contributed by atoms with Gasteiger partial charge in [-0.1, -0.05) is 24.3 Å². The lowest BCUT2D eigenvalue weighted by Gasteiger charge is -2.33. The van der Waals surface area contributed by atoms with E-state index in [1.807, 2.05) is 11.9 Å². The quantitative estimate of drug-likeness (QED) is 0.0270. The third-order valence-electron chi connectivity index (χ3n) is 14.2. The van der Waals surface area contributed by atoms with Crippen molar-refractivity contribution in [1.82, 2.24) is 24.8 Å². The van der Waals surface area contributed by atoms with Crippen molar-refractivity contribution in [2.45, 2.75) is 6.42 Å². The summed E-state index contributed by atoms with van der Waals surface area (Å²) in [4.78, 5) is 100. The molecule has 9 N–H and O–H groups in total. The molecule has 0 aliphatic carbocycles. The maximum Gasteiger partial charge on any atom is 0.259 e. The number of amidine groups is 3. The fourth-order valence-electron chi connectivity index (χ4n) is 9.09. The summed E-state index contributed by atoms with van der Waals surface area (Å²) in [6.07, 6.45) is 5.48. The normalized spacial score (nSPS) is 12.3. The van der Waals surface area contributed by atoms with E-state index < -0.39 is 64.5 Å². The minimum atomic E-state index is -0.808. The summed E-state index contributed by atoms with van der Waals surface area (Å²) in [6, 6.07) is 34.5. The van der Waals surface area contributed by atoms with Crippen LogP contribution in [0, 0.1) is 34.5 Å². The van der Waals surface area contributed by atoms with Crippen molar-refractivity contribution in [3.05, 3.63) is 263 Å². The van der Waals surface area contributed by atoms with Crippen molar-refractivity contribution in [1.29, 1.82) is 5.41 Å². The molecular formula is C67H53Br3F5N15O6. The van der Waals surface area contributed by atoms with Crippen LogP contribution in [-0.2, 0) is 0 Å². The highest BCUT2D eigenvalue weighted by atomic mass is 79.9. The first kappa shape index (κ1) is 69.4. The summed E-state index contributed by atoms with van der Waals surface area (Å²) in [6.45, 7) is 2.85. The van der Waals surface area contributed by atoms with Gasteiger partial charge in [0.15, 0.2) is 0 Å². The summed E-state index contributed by atoms with van der Waals surface area (Å²) in [5.41, 5.74) is 7.09. The zero-order valence-electron chi connectivity index (χ0n) is 50.4. The topological polar surface area (TPSA) is 294 Å². The molecule has 488 valence electrons. The van der Waals surface area contributed by atoms with Gasteiger partial charge >= 0.3 is 0 Å². The van der Waals surface area contributed by atoms with Gasteiger partial charge in [-0.25, -0.2) is 36.9 Å². The second kappa shape index (κ2) is 31.8. The van der Waals surface area contributed by atoms with Gasteiger partial charge in [0, 0.05) is 88.0 Å². The number of aromatic nitrogens is 3. The molecule has 0 unspecified atom stereocenters. The third-order valence-corrected chi connectivity index (χ3v) is 15.6. The SMILES string of the molecule is CN1CCN=C1c1ccc(C(=O)Nc2ccc(F)cc2C(=O)Nc2ccc(Br)cn2)c(F)c1.CN=C(N)c1ccc(C(=O)Nc2ccc(F)cc2C(=O)Nc2ccc(Br)cn2)cc1.N=C(c1ccc(C(=O)Nc2ccc(F)cc2C(=O)Nc2ccc(Br)cn2)c(F)c1)N1CCC1. The second-order valence-electron chi connectivity index (χ2n) is 20.8. The Kier molecular flexibility index (Phi) is 23.0. The smallest absolute Gasteiger partial charge is 0.259 e. The zero-order chi connectivity index (χ0) is 68.7. The molecule has 29 heteroatoms. The predicted octanol–water partition coefficient (Wildman–Crippen LogP) is 12.8. The second-order valence-corrected chi connectivity index (χ2v) is 23.5. The van der Waals surface area contributed by atoms with Crippen molar-refractivity contribution >= 4 is 135 Å². The lowest BCUT2D eigenvalue weighted by atomic mass is 10.1. The largest absolute Gasteiger partial charge is 0.384 e. The fraction of sp³-hybridized carbons (Fsp3) is 0.104. The Balaban J connectivity index is 0.000000169. The molecule has 1 fully saturated rings. The molecule has 3 aromatic heterocycles. The van der Waals surface area contributed by atoms with Crippen LogP contribution in [0.2, 0.25) is 0 Å². The van der Waals surface area contributed by atoms with Crippen LogP contribution in [0.5, 0.6) is 0 Å². The number of pyridine rings is 3. The molecule has 11 rings (SSSR count). The number of hydrogen-bond donors (Lipinski definition) is 8. The van der Waals surface area contributed by atoms with Crippen LogP contribution in [0.4, 0.5) is 56.5 Å². The Morgan fingerprint density at radius 3 is 1.23 bits per heavy atom. The molecule has 96 heavy (non-hydrogen) atoms. The van der Waals surface area contributed by atoms with E-state index >= 15 is 0 Å². The Bertz CT molecular complexity index is 4530. The van der Waals surface area contributed by atoms with Crippen LogP contribution < -0.4 is 37.6 Å². The number of carbonyl (C=O) groups is 6. The van der Waals surface area contributed by atoms with Crippen molar-refractivity contribution in [2.75, 3.05) is 72.2 Å². The highest BCUT2D eigenvalue weighted by Crippen LogP contribution is 2.26. The standard InChI is InChI=1S/2C23H18BrF2N5O2.C21H17BrFN5O2/c1-31-9-8-27-21(31)13-2-5-16(18(26)10-13)22(32)29-19-6-4-15(25)11-17(19)23(33)30-20-7-3-14(24)12-28-20;24-14-3-7-20(28-12-14)30-23(33)17-11-15(25)4-6-19(17)29-22(32)16-5-2-13(10-18(16)26)21(27)31-8-1-9-31;1-25-19(24)12-2-4-13(5-3-12)20(29)27-17-8-7-15(23)10-16(17)21(30)28-18-9-6-14(22)11-26-18/h2-7,10-12H,8-9H2,1H3,(H,29,32)(H,28,30,33);2-7,10-12,27H,1,8-9H2,(H,29,32)(H,28,30,33);2-11H,1H3,(H2,24,25)(H,27,29)(H,26,28,30). The molecule has 5 heterocycles. The minimum absolute atomic E-state index is 0.00723. The summed E-state index contributed by atoms with van der Waals surface area (Å²) < 4.78 is 73.1. The van der Waals surface area contributed by atoms with Gasteiger partial charge < -0.3 is 47.4 Å². The summed E-state index contributed by atoms with van der Waals surface area (Å²) >= 11 is 9.75. The van der Waals surface area contributed by atoms with Crippen LogP contribution >= 0.6 is 47.8 Å². The lowest BCUT2D eigenvalue weighted by molar-refractivity contribution is 0.100. The molecule has 0 radical (unpaired) electrons. The number of amides is 6. The molecule has 0 bridgehead atoms. The van der Waals surface area contributed by atoms with Crippen LogP contribution in [0.15, 0.2) is 194 Å². The lowest BCUT2D eigenvalue weighted by Crippen LogP contribution is -2.42. The number of aliphatic imine (C=N–C) groups is 2. The van der Waals surface area contributed by atoms with E-state index in [9.17, 15) is 50.7 Å². The number of carbonyl (C=O) groups excluding carboxylic acids is 6. The van der Waals surface area contributed by atoms with Gasteiger partial charge in [0.2, 0.25) is 0 Å². The van der Waals surface area contributed by atoms with E-state index in [0.29, 0.717) is 44.9 Å². The number of likely N-dealkylation sites (N-methyl/N-ethyl adjacent to an activating group) is 1. The van der Waals surface area contributed by atoms with Crippen LogP contribution in [0.25, 0.3) is 0 Å². The van der Waals surface area contributed by atoms with Gasteiger partial charge in [-0.05, 0) is 182 Å². The average Bonchev–Trinajstić information content (AvgIpc) is 1.65. The number of nitrogens with zero attached hydrogens (tertiary/aromatic N) is 7. The zero-order valence-corrected chi connectivity index (χ0v) is 55.1. The number of likely N-dealkylation sites (tertiary alicyclic amines) is 1. The van der Waals surface area contributed by atoms with E-state index in [1.165, 1.54) is 61.1 Å². The maximum atomic E-state index is 14.7. The molecule has 0 atom stereocenters. The summed E-state index contributed by atoms with van der Waals surface area (Å²) in [7, 11) is 3.43. The number of rotatable bonds is 15. The van der Waals surface area contributed by atoms with Crippen molar-refractivity contribution in [3.63, 3.8) is 0 Å². The highest BCUT2D eigenvalue weighted by Gasteiger charge is 2.25. The molecule has 21 nitrogen and oxygen atoms in total. The Hall–Kier alpha value is -10.9. The first-order chi connectivity index (χ1) is 46.0. The van der Waals surface area contributed by atoms with Crippen molar-refractivity contribution in [2.24, 2.45) is 15.7 Å². The van der Waals surface area contributed by atoms with Crippen LogP contribution in [0.3, 0.4) is 0 Å². The highest BCUT2D eigenvalue weighted by molar-refractivity contribution is 9.11. The van der Waals surface area contributed by atoms with Gasteiger partial charge in [-0.3, -0.25) is 44.2 Å². The van der Waals surface area contributed by atoms with E-state index in [4.69, 9.17) is 11.1 Å². The monoisotopic (exact) mass is 1500 g/mol. The maximum absolute atomic E-state index is 14.7. The summed E-state index contributed by atoms with van der Waals surface area (Å²) in [5.74, 6) is -5.57. The van der Waals surface area contributed by atoms with E-state index in [-0.39, 0.29) is 68.2 Å². The number of benzene rings is 6. The molecule has 1 saturated heterocycles. The average molecular weight is 1500 g/mol. The van der Waals surface area contributed by atoms with Crippen LogP contribution in [-0.4, -0.2) is 118 Å². The number of nitrogens with one attached hydrogen (secondary N) is 7. The number of nitrogens with two attached hydrogens (primary N) is 1. The first-order valence-electron chi connectivity index (χ1n) is 28.6. The molecular weight excluding hydrogens is 1450 g/mol. The van der Waals surface area contributed by atoms with Gasteiger partial charge in [0.05, 0.1) is 51.4 Å². The van der Waals surface area contributed by atoms with Gasteiger partial charge in [-0.2, -0.15) is 0 Å². The van der Waals surface area contributed by atoms with Gasteiger partial charge in [-0.15, -0.1) is 0 Å². The van der Waals surface area contributed by atoms with Gasteiger partial charge in [0.1, 0.15) is 64.0 Å². The Morgan fingerprint density at radius 1 is 0.469 bits per heavy atom. The van der Waals surface area contributed by atoms with Gasteiger partial charge in [0.25, 0.3) is 35.4 Å². The predicted molar refractivity (Wildman–Crippen MR) is 366 cm³/mol. The van der Waals surface area contributed by atoms with E-state index in [0.717, 1.165) is 77.5 Å². The minimum Gasteiger partial charge on any atom is -0.384 e. The third kappa shape index (κ3) is 18.1. The molecule has 6 aromatic carbocycles. The Morgan fingerprint density at radius 2 is 0.865 bits per heavy atom. The number of hydrogen-bond acceptors (Lipinski definition) is 13. The Labute approximate surface area is 569 Å². The molecule has 0 spiro atoms. The van der Waals surface area contributed by atoms with E-state index in [2.05, 4.69) is 105 Å². The van der Waals surface area contributed by atoms with E-state index in [1.54, 1.807) is 78.7 Å². The van der Waals surface area contributed by atoms with Crippen molar-refractivity contribution < 1.29 is 50.7 Å². The van der Waals surface area contributed by atoms with Crippen LogP contribution in [0.1, 0.15) is 85.3 Å². The van der Waals surface area contributed by atoms with Crippen molar-refractivity contribution in [3.8, 4) is 0 Å². The fourth-order valence-corrected chi connectivity index (χ4v) is 9.79. The molecule has 2 aliphatic rings. The molecule has 6 amide bonds.